The van der Waals surface area contributed by atoms with Crippen LogP contribution in [0.4, 0.5) is 4.39 Å². The van der Waals surface area contributed by atoms with E-state index in [9.17, 15) is 9.18 Å². The lowest BCUT2D eigenvalue weighted by Crippen LogP contribution is -2.39. The van der Waals surface area contributed by atoms with Crippen molar-refractivity contribution in [3.8, 4) is 5.75 Å². The number of halogens is 1. The molecule has 1 amide bonds. The highest BCUT2D eigenvalue weighted by molar-refractivity contribution is 5.97. The second-order valence-electron chi connectivity index (χ2n) is 9.82. The Morgan fingerprint density at radius 1 is 1.08 bits per heavy atom. The van der Waals surface area contributed by atoms with Crippen LogP contribution in [0, 0.1) is 18.7 Å². The molecule has 1 heterocycles. The minimum atomic E-state index is -0.390. The molecule has 0 N–H and O–H groups in total. The minimum Gasteiger partial charge on any atom is -0.493 e. The minimum absolute atomic E-state index is 0.0718. The van der Waals surface area contributed by atoms with Crippen LogP contribution in [0.1, 0.15) is 88.7 Å². The zero-order valence-corrected chi connectivity index (χ0v) is 24.0. The maximum atomic E-state index is 13.7. The average molecular weight is 508 g/mol. The van der Waals surface area contributed by atoms with Gasteiger partial charge in [-0.15, -0.1) is 0 Å². The number of carbonyl (C=O) groups is 1. The van der Waals surface area contributed by atoms with Crippen LogP contribution in [0.5, 0.6) is 5.75 Å². The number of amides is 1. The second-order valence-corrected chi connectivity index (χ2v) is 9.82. The molecule has 202 valence electrons. The van der Waals surface area contributed by atoms with E-state index in [1.54, 1.807) is 6.07 Å². The van der Waals surface area contributed by atoms with E-state index < -0.39 is 0 Å². The molecule has 2 aromatic carbocycles. The van der Waals surface area contributed by atoms with Crippen molar-refractivity contribution in [2.24, 2.45) is 5.92 Å². The van der Waals surface area contributed by atoms with Crippen LogP contribution < -0.4 is 4.74 Å². The summed E-state index contributed by atoms with van der Waals surface area (Å²) in [5, 5.41) is 0. The molecule has 1 aliphatic rings. The van der Waals surface area contributed by atoms with E-state index >= 15 is 0 Å². The number of hydrogen-bond acceptors (Lipinski definition) is 2. The fourth-order valence-corrected chi connectivity index (χ4v) is 4.76. The van der Waals surface area contributed by atoms with Crippen LogP contribution in [0.25, 0.3) is 0 Å². The molecule has 0 unspecified atom stereocenters. The number of hydrogen-bond donors (Lipinski definition) is 0. The lowest BCUT2D eigenvalue weighted by molar-refractivity contribution is 0.0696. The molecule has 0 aliphatic carbocycles. The lowest BCUT2D eigenvalue weighted by atomic mass is 9.84. The number of carbonyl (C=O) groups excluding carboxylic acids is 1. The van der Waals surface area contributed by atoms with Gasteiger partial charge in [0.1, 0.15) is 11.6 Å². The van der Waals surface area contributed by atoms with Crippen LogP contribution in [0.2, 0.25) is 0 Å². The highest BCUT2D eigenvalue weighted by Crippen LogP contribution is 2.31. The molecule has 1 saturated heterocycles. The van der Waals surface area contributed by atoms with E-state index in [1.807, 2.05) is 25.7 Å². The Morgan fingerprint density at radius 3 is 2.38 bits per heavy atom. The van der Waals surface area contributed by atoms with Gasteiger partial charge in [-0.1, -0.05) is 60.9 Å². The summed E-state index contributed by atoms with van der Waals surface area (Å²) in [6.45, 7) is 16.3. The number of allylic oxidation sites excluding steroid dienone is 4. The summed E-state index contributed by atoms with van der Waals surface area (Å²) in [5.41, 5.74) is 7.41. The maximum absolute atomic E-state index is 13.7. The van der Waals surface area contributed by atoms with Gasteiger partial charge in [-0.25, -0.2) is 4.39 Å². The van der Waals surface area contributed by atoms with E-state index in [2.05, 4.69) is 58.0 Å². The molecule has 0 saturated carbocycles. The van der Waals surface area contributed by atoms with Crippen LogP contribution in [0.15, 0.2) is 65.3 Å². The number of benzene rings is 2. The van der Waals surface area contributed by atoms with Crippen molar-refractivity contribution in [2.45, 2.75) is 80.6 Å². The molecule has 0 atom stereocenters. The van der Waals surface area contributed by atoms with Gasteiger partial charge in [-0.3, -0.25) is 4.79 Å². The first-order valence-corrected chi connectivity index (χ1v) is 13.9. The van der Waals surface area contributed by atoms with Gasteiger partial charge in [-0.2, -0.15) is 0 Å². The van der Waals surface area contributed by atoms with E-state index in [1.165, 1.54) is 40.0 Å². The number of rotatable bonds is 9. The van der Waals surface area contributed by atoms with E-state index in [-0.39, 0.29) is 11.7 Å². The summed E-state index contributed by atoms with van der Waals surface area (Å²) in [7, 11) is 0. The first-order valence-electron chi connectivity index (χ1n) is 13.9. The summed E-state index contributed by atoms with van der Waals surface area (Å²) < 4.78 is 19.2. The Hall–Kier alpha value is -2.88. The molecular weight excluding hydrogens is 461 g/mol. The third-order valence-corrected chi connectivity index (χ3v) is 7.14. The SMILES string of the molecule is CC.CCOc1cc(F)ccc1C(=O)N1CCC(/C(=C/C(C)=C(C)C)CCCc2ccccc2C)CC1. The van der Waals surface area contributed by atoms with Crippen LogP contribution in [-0.4, -0.2) is 30.5 Å². The van der Waals surface area contributed by atoms with Crippen LogP contribution >= 0.6 is 0 Å². The zero-order valence-electron chi connectivity index (χ0n) is 24.0. The molecule has 4 heteroatoms. The van der Waals surface area contributed by atoms with Gasteiger partial charge in [0.15, 0.2) is 0 Å². The molecule has 1 aliphatic heterocycles. The van der Waals surface area contributed by atoms with Gasteiger partial charge < -0.3 is 9.64 Å². The van der Waals surface area contributed by atoms with E-state index in [4.69, 9.17) is 4.74 Å². The molecule has 0 aromatic heterocycles. The molecule has 1 fully saturated rings. The number of likely N-dealkylation sites (tertiary alicyclic amines) is 1. The number of piperidine rings is 1. The molecule has 37 heavy (non-hydrogen) atoms. The quantitative estimate of drug-likeness (QED) is 0.318. The van der Waals surface area contributed by atoms with Crippen molar-refractivity contribution in [1.82, 2.24) is 4.90 Å². The Kier molecular flexibility index (Phi) is 12.6. The highest BCUT2D eigenvalue weighted by Gasteiger charge is 2.27. The fraction of sp³-hybridized carbons (Fsp3) is 0.485. The Balaban J connectivity index is 0.00000235. The number of nitrogens with zero attached hydrogens (tertiary/aromatic N) is 1. The standard InChI is InChI=1S/C31H40FNO2.C2H6/c1-6-35-30-21-28(32)14-15-29(30)31(34)33-18-16-26(17-19-33)27(20-24(5)22(2)3)13-9-12-25-11-8-7-10-23(25)4;1-2/h7-8,10-11,14-15,20-21,26H,6,9,12-13,16-19H2,1-5H3;1-2H3/b27-20+;. The average Bonchev–Trinajstić information content (AvgIpc) is 2.90. The topological polar surface area (TPSA) is 29.5 Å². The van der Waals surface area contributed by atoms with E-state index in [0.717, 1.165) is 32.1 Å². The molecule has 0 spiro atoms. The smallest absolute Gasteiger partial charge is 0.257 e. The second kappa shape index (κ2) is 15.4. The van der Waals surface area contributed by atoms with Crippen LogP contribution in [0.3, 0.4) is 0 Å². The maximum Gasteiger partial charge on any atom is 0.257 e. The predicted octanol–water partition coefficient (Wildman–Crippen LogP) is 8.72. The Labute approximate surface area is 224 Å². The Bertz CT molecular complexity index is 1070. The molecule has 3 nitrogen and oxygen atoms in total. The predicted molar refractivity (Wildman–Crippen MR) is 154 cm³/mol. The third kappa shape index (κ3) is 8.87. The highest BCUT2D eigenvalue weighted by atomic mass is 19.1. The molecule has 2 aromatic rings. The van der Waals surface area contributed by atoms with Gasteiger partial charge in [0.2, 0.25) is 0 Å². The molecule has 3 rings (SSSR count). The van der Waals surface area contributed by atoms with Crippen molar-refractivity contribution in [3.63, 3.8) is 0 Å². The van der Waals surface area contributed by atoms with Crippen molar-refractivity contribution < 1.29 is 13.9 Å². The molecular formula is C33H46FNO2. The first-order chi connectivity index (χ1) is 17.8. The molecule has 0 radical (unpaired) electrons. The normalized spacial score (nSPS) is 14.1. The van der Waals surface area contributed by atoms with Gasteiger partial charge in [0.05, 0.1) is 12.2 Å². The van der Waals surface area contributed by atoms with Gasteiger partial charge in [0, 0.05) is 19.2 Å². The molecule has 0 bridgehead atoms. The van der Waals surface area contributed by atoms with Gasteiger partial charge in [-0.05, 0) is 95.9 Å². The first kappa shape index (κ1) is 30.3. The van der Waals surface area contributed by atoms with Gasteiger partial charge in [0.25, 0.3) is 5.91 Å². The van der Waals surface area contributed by atoms with Crippen molar-refractivity contribution in [1.29, 1.82) is 0 Å². The Morgan fingerprint density at radius 2 is 1.76 bits per heavy atom. The number of aryl methyl sites for hydroxylation is 2. The summed E-state index contributed by atoms with van der Waals surface area (Å²) in [5.74, 6) is 0.344. The lowest BCUT2D eigenvalue weighted by Gasteiger charge is -2.34. The monoisotopic (exact) mass is 507 g/mol. The van der Waals surface area contributed by atoms with Crippen LogP contribution in [-0.2, 0) is 6.42 Å². The van der Waals surface area contributed by atoms with Crippen molar-refractivity contribution in [3.05, 3.63) is 87.8 Å². The summed E-state index contributed by atoms with van der Waals surface area (Å²) in [4.78, 5) is 15.1. The zero-order chi connectivity index (χ0) is 27.4. The summed E-state index contributed by atoms with van der Waals surface area (Å²) in [6, 6.07) is 12.8. The van der Waals surface area contributed by atoms with Crippen molar-refractivity contribution >= 4 is 5.91 Å². The van der Waals surface area contributed by atoms with Crippen molar-refractivity contribution in [2.75, 3.05) is 19.7 Å². The third-order valence-electron chi connectivity index (χ3n) is 7.14. The van der Waals surface area contributed by atoms with Gasteiger partial charge >= 0.3 is 0 Å². The summed E-state index contributed by atoms with van der Waals surface area (Å²) in [6.07, 6.45) is 7.57. The fourth-order valence-electron chi connectivity index (χ4n) is 4.76. The van der Waals surface area contributed by atoms with E-state index in [0.29, 0.717) is 36.9 Å². The summed E-state index contributed by atoms with van der Waals surface area (Å²) >= 11 is 0. The number of ether oxygens (including phenoxy) is 1. The largest absolute Gasteiger partial charge is 0.493 e.